The lowest BCUT2D eigenvalue weighted by atomic mass is 10.3. The van der Waals surface area contributed by atoms with E-state index in [1.54, 1.807) is 0 Å². The topological polar surface area (TPSA) is 59.1 Å². The van der Waals surface area contributed by atoms with E-state index in [-0.39, 0.29) is 21.5 Å². The van der Waals surface area contributed by atoms with Gasteiger partial charge in [0, 0.05) is 13.0 Å². The van der Waals surface area contributed by atoms with Crippen LogP contribution in [0.1, 0.15) is 6.92 Å². The number of fused-ring (bicyclic) bond motifs is 1. The number of hydrogen-bond donors (Lipinski definition) is 1. The SMILES string of the molecule is CC(=O)SCC(=O)Nc1nc2c(F)cc(F)cc2s1. The number of nitrogens with zero attached hydrogens (tertiary/aromatic N) is 1. The summed E-state index contributed by atoms with van der Waals surface area (Å²) in [4.78, 5) is 26.0. The van der Waals surface area contributed by atoms with Crippen molar-refractivity contribution < 1.29 is 18.4 Å². The number of thiazole rings is 1. The van der Waals surface area contributed by atoms with Crippen molar-refractivity contribution in [1.82, 2.24) is 4.98 Å². The molecule has 0 unspecified atom stereocenters. The highest BCUT2D eigenvalue weighted by Crippen LogP contribution is 2.28. The van der Waals surface area contributed by atoms with Crippen molar-refractivity contribution in [3.05, 3.63) is 23.8 Å². The average Bonchev–Trinajstić information content (AvgIpc) is 2.69. The zero-order valence-corrected chi connectivity index (χ0v) is 11.3. The molecule has 0 aliphatic rings. The highest BCUT2D eigenvalue weighted by Gasteiger charge is 2.12. The van der Waals surface area contributed by atoms with E-state index in [1.807, 2.05) is 0 Å². The molecule has 1 aromatic heterocycles. The number of carbonyl (C=O) groups is 2. The molecule has 100 valence electrons. The van der Waals surface area contributed by atoms with Crippen LogP contribution in [0.15, 0.2) is 12.1 Å². The van der Waals surface area contributed by atoms with Crippen LogP contribution in [-0.4, -0.2) is 21.8 Å². The first-order valence-electron chi connectivity index (χ1n) is 5.14. The molecule has 8 heteroatoms. The maximum atomic E-state index is 13.4. The highest BCUT2D eigenvalue weighted by molar-refractivity contribution is 8.14. The van der Waals surface area contributed by atoms with Crippen molar-refractivity contribution >= 4 is 49.5 Å². The molecule has 1 aromatic carbocycles. The molecule has 1 N–H and O–H groups in total. The van der Waals surface area contributed by atoms with Gasteiger partial charge in [-0.3, -0.25) is 9.59 Å². The van der Waals surface area contributed by atoms with Crippen LogP contribution in [0.5, 0.6) is 0 Å². The van der Waals surface area contributed by atoms with E-state index in [4.69, 9.17) is 0 Å². The van der Waals surface area contributed by atoms with Gasteiger partial charge in [-0.15, -0.1) is 0 Å². The summed E-state index contributed by atoms with van der Waals surface area (Å²) in [6, 6.07) is 1.88. The summed E-state index contributed by atoms with van der Waals surface area (Å²) in [6.45, 7) is 1.35. The summed E-state index contributed by atoms with van der Waals surface area (Å²) in [5.74, 6) is -1.93. The lowest BCUT2D eigenvalue weighted by molar-refractivity contribution is -0.114. The molecule has 2 rings (SSSR count). The lowest BCUT2D eigenvalue weighted by Gasteiger charge is -1.98. The number of benzene rings is 1. The van der Waals surface area contributed by atoms with Crippen LogP contribution in [0.25, 0.3) is 10.2 Å². The third-order valence-electron chi connectivity index (χ3n) is 2.07. The van der Waals surface area contributed by atoms with Gasteiger partial charge < -0.3 is 5.32 Å². The van der Waals surface area contributed by atoms with Gasteiger partial charge in [0.05, 0.1) is 10.5 Å². The van der Waals surface area contributed by atoms with Crippen LogP contribution >= 0.6 is 23.1 Å². The van der Waals surface area contributed by atoms with Gasteiger partial charge in [0.1, 0.15) is 11.3 Å². The lowest BCUT2D eigenvalue weighted by Crippen LogP contribution is -2.14. The summed E-state index contributed by atoms with van der Waals surface area (Å²) in [6.07, 6.45) is 0. The second-order valence-electron chi connectivity index (χ2n) is 3.58. The van der Waals surface area contributed by atoms with Crippen LogP contribution < -0.4 is 5.32 Å². The minimum absolute atomic E-state index is 0.0147. The molecule has 0 saturated heterocycles. The first kappa shape index (κ1) is 13.9. The predicted molar refractivity (Wildman–Crippen MR) is 71.3 cm³/mol. The minimum atomic E-state index is -0.773. The van der Waals surface area contributed by atoms with E-state index in [9.17, 15) is 18.4 Å². The molecule has 0 saturated carbocycles. The summed E-state index contributed by atoms with van der Waals surface area (Å²) in [5.41, 5.74) is 0.0147. The Hall–Kier alpha value is -1.54. The Bertz CT molecular complexity index is 657. The Morgan fingerprint density at radius 3 is 2.84 bits per heavy atom. The van der Waals surface area contributed by atoms with Gasteiger partial charge in [-0.25, -0.2) is 13.8 Å². The average molecular weight is 302 g/mol. The normalized spacial score (nSPS) is 10.7. The van der Waals surface area contributed by atoms with Gasteiger partial charge in [-0.05, 0) is 6.07 Å². The monoisotopic (exact) mass is 302 g/mol. The minimum Gasteiger partial charge on any atom is -0.301 e. The van der Waals surface area contributed by atoms with E-state index in [1.165, 1.54) is 6.92 Å². The van der Waals surface area contributed by atoms with E-state index in [0.29, 0.717) is 4.70 Å². The molecule has 0 fully saturated rings. The maximum Gasteiger partial charge on any atom is 0.236 e. The Morgan fingerprint density at radius 1 is 1.42 bits per heavy atom. The van der Waals surface area contributed by atoms with Crippen LogP contribution in [0, 0.1) is 11.6 Å². The molecule has 1 heterocycles. The van der Waals surface area contributed by atoms with Gasteiger partial charge in [-0.1, -0.05) is 23.1 Å². The molecule has 0 spiro atoms. The fraction of sp³-hybridized carbons (Fsp3) is 0.182. The number of rotatable bonds is 3. The van der Waals surface area contributed by atoms with E-state index in [2.05, 4.69) is 10.3 Å². The number of hydrogen-bond acceptors (Lipinski definition) is 5. The Kier molecular flexibility index (Phi) is 4.11. The van der Waals surface area contributed by atoms with Crippen molar-refractivity contribution in [1.29, 1.82) is 0 Å². The third-order valence-corrected chi connectivity index (χ3v) is 3.80. The maximum absolute atomic E-state index is 13.4. The Labute approximate surface area is 115 Å². The van der Waals surface area contributed by atoms with E-state index < -0.39 is 17.5 Å². The van der Waals surface area contributed by atoms with Gasteiger partial charge in [-0.2, -0.15) is 0 Å². The van der Waals surface area contributed by atoms with Crippen molar-refractivity contribution in [2.24, 2.45) is 0 Å². The molecular formula is C11H8F2N2O2S2. The van der Waals surface area contributed by atoms with E-state index >= 15 is 0 Å². The second-order valence-corrected chi connectivity index (χ2v) is 5.76. The Balaban J connectivity index is 2.15. The number of aromatic nitrogens is 1. The summed E-state index contributed by atoms with van der Waals surface area (Å²) < 4.78 is 26.7. The molecule has 1 amide bonds. The summed E-state index contributed by atoms with van der Waals surface area (Å²) in [7, 11) is 0. The van der Waals surface area contributed by atoms with Crippen LogP contribution in [0.3, 0.4) is 0 Å². The highest BCUT2D eigenvalue weighted by atomic mass is 32.2. The van der Waals surface area contributed by atoms with Gasteiger partial charge in [0.25, 0.3) is 0 Å². The number of anilines is 1. The number of amides is 1. The van der Waals surface area contributed by atoms with E-state index in [0.717, 1.165) is 35.2 Å². The number of halogens is 2. The fourth-order valence-corrected chi connectivity index (χ4v) is 2.66. The Morgan fingerprint density at radius 2 is 2.16 bits per heavy atom. The predicted octanol–water partition coefficient (Wildman–Crippen LogP) is 2.79. The molecule has 0 atom stereocenters. The number of thioether (sulfide) groups is 1. The van der Waals surface area contributed by atoms with Gasteiger partial charge in [0.15, 0.2) is 16.1 Å². The second kappa shape index (κ2) is 5.62. The molecule has 2 aromatic rings. The standard InChI is InChI=1S/C11H8F2N2O2S2/c1-5(16)18-4-9(17)14-11-15-10-7(13)2-6(12)3-8(10)19-11/h2-3H,4H2,1H3,(H,14,15,17). The van der Waals surface area contributed by atoms with Gasteiger partial charge in [0.2, 0.25) is 5.91 Å². The zero-order chi connectivity index (χ0) is 14.0. The first-order valence-corrected chi connectivity index (χ1v) is 6.94. The third kappa shape index (κ3) is 3.48. The van der Waals surface area contributed by atoms with Crippen molar-refractivity contribution in [2.45, 2.75) is 6.92 Å². The summed E-state index contributed by atoms with van der Waals surface area (Å²) >= 11 is 1.83. The summed E-state index contributed by atoms with van der Waals surface area (Å²) in [5, 5.41) is 2.44. The van der Waals surface area contributed by atoms with Gasteiger partial charge >= 0.3 is 0 Å². The van der Waals surface area contributed by atoms with Crippen LogP contribution in [-0.2, 0) is 9.59 Å². The quantitative estimate of drug-likeness (QED) is 0.947. The van der Waals surface area contributed by atoms with Crippen molar-refractivity contribution in [2.75, 3.05) is 11.1 Å². The molecule has 0 aliphatic carbocycles. The molecule has 0 bridgehead atoms. The van der Waals surface area contributed by atoms with Crippen LogP contribution in [0.2, 0.25) is 0 Å². The largest absolute Gasteiger partial charge is 0.301 e. The van der Waals surface area contributed by atoms with Crippen molar-refractivity contribution in [3.8, 4) is 0 Å². The number of carbonyl (C=O) groups excluding carboxylic acids is 2. The van der Waals surface area contributed by atoms with Crippen LogP contribution in [0.4, 0.5) is 13.9 Å². The molecule has 0 radical (unpaired) electrons. The molecular weight excluding hydrogens is 294 g/mol. The molecule has 0 aliphatic heterocycles. The fourth-order valence-electron chi connectivity index (χ4n) is 1.33. The molecule has 4 nitrogen and oxygen atoms in total. The van der Waals surface area contributed by atoms with Crippen molar-refractivity contribution in [3.63, 3.8) is 0 Å². The smallest absolute Gasteiger partial charge is 0.236 e. The zero-order valence-electron chi connectivity index (χ0n) is 9.70. The number of nitrogens with one attached hydrogen (secondary N) is 1. The molecule has 19 heavy (non-hydrogen) atoms. The first-order chi connectivity index (χ1) is 8.95.